The Bertz CT molecular complexity index is 979. The van der Waals surface area contributed by atoms with Crippen LogP contribution in [0.2, 0.25) is 0 Å². The maximum atomic E-state index is 12.6. The fourth-order valence-electron chi connectivity index (χ4n) is 3.86. The number of nitrogens with one attached hydrogen (secondary N) is 1. The number of carbonyl (C=O) groups is 1. The van der Waals surface area contributed by atoms with Gasteiger partial charge >= 0.3 is 0 Å². The molecule has 28 heavy (non-hydrogen) atoms. The van der Waals surface area contributed by atoms with Crippen molar-refractivity contribution in [2.75, 3.05) is 31.6 Å². The van der Waals surface area contributed by atoms with Crippen LogP contribution in [0.4, 0.5) is 5.82 Å². The zero-order valence-electron chi connectivity index (χ0n) is 15.4. The molecule has 1 aliphatic carbocycles. The molecule has 0 radical (unpaired) electrons. The quantitative estimate of drug-likeness (QED) is 0.743. The number of nitrogens with zero attached hydrogens (tertiary/aromatic N) is 4. The van der Waals surface area contributed by atoms with Gasteiger partial charge in [-0.25, -0.2) is 9.97 Å². The van der Waals surface area contributed by atoms with Crippen LogP contribution in [-0.2, 0) is 9.53 Å². The number of ether oxygens (including phenoxy) is 1. The minimum atomic E-state index is 0.0377. The molecule has 8 nitrogen and oxygen atoms in total. The van der Waals surface area contributed by atoms with Crippen LogP contribution in [-0.4, -0.2) is 58.1 Å². The molecule has 1 aliphatic heterocycles. The largest absolute Gasteiger partial charge is 0.443 e. The van der Waals surface area contributed by atoms with Crippen LogP contribution in [0.3, 0.4) is 0 Å². The highest BCUT2D eigenvalue weighted by molar-refractivity contribution is 5.94. The molecule has 0 bridgehead atoms. The van der Waals surface area contributed by atoms with Gasteiger partial charge < -0.3 is 14.5 Å². The van der Waals surface area contributed by atoms with Crippen molar-refractivity contribution in [1.29, 1.82) is 0 Å². The van der Waals surface area contributed by atoms with Crippen molar-refractivity contribution in [3.63, 3.8) is 0 Å². The van der Waals surface area contributed by atoms with E-state index in [1.807, 2.05) is 12.1 Å². The molecule has 8 heteroatoms. The van der Waals surface area contributed by atoms with Gasteiger partial charge in [0.25, 0.3) is 0 Å². The molecule has 1 saturated heterocycles. The second-order valence-electron chi connectivity index (χ2n) is 7.31. The van der Waals surface area contributed by atoms with Crippen molar-refractivity contribution in [2.24, 2.45) is 5.92 Å². The lowest BCUT2D eigenvalue weighted by atomic mass is 9.78. The van der Waals surface area contributed by atoms with E-state index in [9.17, 15) is 4.79 Å². The van der Waals surface area contributed by atoms with Gasteiger partial charge in [0.1, 0.15) is 5.82 Å². The van der Waals surface area contributed by atoms with Gasteiger partial charge in [-0.3, -0.25) is 14.7 Å². The first-order valence-electron chi connectivity index (χ1n) is 9.53. The van der Waals surface area contributed by atoms with Gasteiger partial charge in [-0.2, -0.15) is 0 Å². The number of hydrogen-bond acceptors (Lipinski definition) is 7. The van der Waals surface area contributed by atoms with Crippen LogP contribution < -0.4 is 5.32 Å². The van der Waals surface area contributed by atoms with Crippen LogP contribution in [0, 0.1) is 5.92 Å². The van der Waals surface area contributed by atoms with Gasteiger partial charge in [0.15, 0.2) is 12.2 Å². The average Bonchev–Trinajstić information content (AvgIpc) is 3.22. The summed E-state index contributed by atoms with van der Waals surface area (Å²) >= 11 is 0. The van der Waals surface area contributed by atoms with E-state index in [1.54, 1.807) is 18.6 Å². The van der Waals surface area contributed by atoms with Crippen molar-refractivity contribution >= 4 is 22.6 Å². The van der Waals surface area contributed by atoms with Crippen LogP contribution in [0.25, 0.3) is 22.2 Å². The standard InChI is InChI=1S/C20H21N5O3/c26-20(14-6-16(7-14)25-1-3-27-4-2-25)24-19-8-13-5-15(18-11-21-12-28-18)9-22-17(13)10-23-19/h5,8-12,14,16H,1-4,6-7H2,(H,23,24,26). The van der Waals surface area contributed by atoms with E-state index >= 15 is 0 Å². The first-order chi connectivity index (χ1) is 13.8. The number of carbonyl (C=O) groups excluding carboxylic acids is 1. The van der Waals surface area contributed by atoms with Crippen LogP contribution in [0.5, 0.6) is 0 Å². The fraction of sp³-hybridized carbons (Fsp3) is 0.400. The maximum absolute atomic E-state index is 12.6. The van der Waals surface area contributed by atoms with Gasteiger partial charge in [-0.05, 0) is 25.0 Å². The SMILES string of the molecule is O=C(Nc1cc2cc(-c3cnco3)cnc2cn1)C1CC(N2CCOCC2)C1. The number of oxazole rings is 1. The molecule has 3 aromatic heterocycles. The van der Waals surface area contributed by atoms with Crippen molar-refractivity contribution in [3.8, 4) is 11.3 Å². The molecule has 1 N–H and O–H groups in total. The topological polar surface area (TPSA) is 93.4 Å². The second-order valence-corrected chi connectivity index (χ2v) is 7.31. The highest BCUT2D eigenvalue weighted by Crippen LogP contribution is 2.33. The zero-order chi connectivity index (χ0) is 18.9. The van der Waals surface area contributed by atoms with Gasteiger partial charge in [0.05, 0.1) is 31.1 Å². The highest BCUT2D eigenvalue weighted by atomic mass is 16.5. The van der Waals surface area contributed by atoms with Crippen molar-refractivity contribution < 1.29 is 13.9 Å². The van der Waals surface area contributed by atoms with E-state index in [1.165, 1.54) is 6.39 Å². The maximum Gasteiger partial charge on any atom is 0.228 e. The molecule has 4 heterocycles. The average molecular weight is 379 g/mol. The summed E-state index contributed by atoms with van der Waals surface area (Å²) in [7, 11) is 0. The molecule has 1 saturated carbocycles. The number of pyridine rings is 2. The number of fused-ring (bicyclic) bond motifs is 1. The van der Waals surface area contributed by atoms with Crippen molar-refractivity contribution in [1.82, 2.24) is 19.9 Å². The lowest BCUT2D eigenvalue weighted by Gasteiger charge is -2.43. The molecule has 2 aliphatic rings. The fourth-order valence-corrected chi connectivity index (χ4v) is 3.86. The van der Waals surface area contributed by atoms with E-state index in [0.29, 0.717) is 17.6 Å². The number of rotatable bonds is 4. The number of morpholine rings is 1. The first-order valence-corrected chi connectivity index (χ1v) is 9.53. The Balaban J connectivity index is 1.25. The molecule has 0 spiro atoms. The van der Waals surface area contributed by atoms with Crippen molar-refractivity contribution in [3.05, 3.63) is 37.1 Å². The summed E-state index contributed by atoms with van der Waals surface area (Å²) in [5, 5.41) is 3.84. The minimum Gasteiger partial charge on any atom is -0.443 e. The van der Waals surface area contributed by atoms with E-state index in [2.05, 4.69) is 25.2 Å². The number of anilines is 1. The lowest BCUT2D eigenvalue weighted by Crippen LogP contribution is -2.52. The zero-order valence-corrected chi connectivity index (χ0v) is 15.4. The number of aromatic nitrogens is 3. The second kappa shape index (κ2) is 7.29. The van der Waals surface area contributed by atoms with Gasteiger partial charge in [-0.15, -0.1) is 0 Å². The lowest BCUT2D eigenvalue weighted by molar-refractivity contribution is -0.125. The van der Waals surface area contributed by atoms with Crippen molar-refractivity contribution in [2.45, 2.75) is 18.9 Å². The molecule has 144 valence electrons. The first kappa shape index (κ1) is 17.3. The summed E-state index contributed by atoms with van der Waals surface area (Å²) in [6.45, 7) is 3.51. The van der Waals surface area contributed by atoms with Gasteiger partial charge in [0.2, 0.25) is 5.91 Å². The summed E-state index contributed by atoms with van der Waals surface area (Å²) in [5.41, 5.74) is 1.60. The van der Waals surface area contributed by atoms with E-state index in [4.69, 9.17) is 9.15 Å². The third kappa shape index (κ3) is 3.36. The molecule has 2 fully saturated rings. The summed E-state index contributed by atoms with van der Waals surface area (Å²) in [4.78, 5) is 27.7. The van der Waals surface area contributed by atoms with E-state index < -0.39 is 0 Å². The smallest absolute Gasteiger partial charge is 0.228 e. The molecular formula is C20H21N5O3. The highest BCUT2D eigenvalue weighted by Gasteiger charge is 2.38. The van der Waals surface area contributed by atoms with E-state index in [-0.39, 0.29) is 11.8 Å². The normalized spacial score (nSPS) is 22.7. The Morgan fingerprint density at radius 1 is 1.11 bits per heavy atom. The van der Waals surface area contributed by atoms with Gasteiger partial charge in [-0.1, -0.05) is 0 Å². The Hall–Kier alpha value is -2.84. The van der Waals surface area contributed by atoms with Gasteiger partial charge in [0, 0.05) is 42.2 Å². The Morgan fingerprint density at radius 2 is 1.96 bits per heavy atom. The Morgan fingerprint density at radius 3 is 2.75 bits per heavy atom. The number of hydrogen-bond donors (Lipinski definition) is 1. The summed E-state index contributed by atoms with van der Waals surface area (Å²) in [6.07, 6.45) is 8.23. The summed E-state index contributed by atoms with van der Waals surface area (Å²) in [6, 6.07) is 4.30. The van der Waals surface area contributed by atoms with Crippen LogP contribution in [0.15, 0.2) is 41.5 Å². The molecule has 3 aromatic rings. The molecule has 1 amide bonds. The molecule has 5 rings (SSSR count). The summed E-state index contributed by atoms with van der Waals surface area (Å²) in [5.74, 6) is 1.28. The van der Waals surface area contributed by atoms with E-state index in [0.717, 1.165) is 55.6 Å². The predicted octanol–water partition coefficient (Wildman–Crippen LogP) is 2.33. The minimum absolute atomic E-state index is 0.0377. The Labute approximate surface area is 161 Å². The molecular weight excluding hydrogens is 358 g/mol. The molecule has 0 aromatic carbocycles. The third-order valence-electron chi connectivity index (χ3n) is 5.58. The third-order valence-corrected chi connectivity index (χ3v) is 5.58. The monoisotopic (exact) mass is 379 g/mol. The molecule has 0 atom stereocenters. The molecule has 0 unspecified atom stereocenters. The number of amides is 1. The predicted molar refractivity (Wildman–Crippen MR) is 103 cm³/mol. The van der Waals surface area contributed by atoms with Crippen LogP contribution in [0.1, 0.15) is 12.8 Å². The Kier molecular flexibility index (Phi) is 4.50. The van der Waals surface area contributed by atoms with Crippen LogP contribution >= 0.6 is 0 Å². The summed E-state index contributed by atoms with van der Waals surface area (Å²) < 4.78 is 10.7.